The Balaban J connectivity index is 2.23. The van der Waals surface area contributed by atoms with Crippen molar-refractivity contribution < 1.29 is 13.2 Å². The van der Waals surface area contributed by atoms with E-state index in [2.05, 4.69) is 4.98 Å². The van der Waals surface area contributed by atoms with Crippen LogP contribution in [0.1, 0.15) is 17.7 Å². The number of hydrogen-bond donors (Lipinski definition) is 0. The lowest BCUT2D eigenvalue weighted by Crippen LogP contribution is -2.32. The van der Waals surface area contributed by atoms with Crippen LogP contribution in [0.3, 0.4) is 0 Å². The Labute approximate surface area is 154 Å². The second kappa shape index (κ2) is 9.87. The zero-order chi connectivity index (χ0) is 18.1. The standard InChI is InChI=1S/C18H23ClN2O3S/c1-24-14-4-13-21(15-17-5-2-3-12-20-17)25(22,23)18-8-6-16(7-9-18)10-11-19/h2-3,5-9,12H,4,10-11,13-15H2,1H3. The van der Waals surface area contributed by atoms with Gasteiger partial charge < -0.3 is 4.74 Å². The second-order valence-electron chi connectivity index (χ2n) is 5.59. The van der Waals surface area contributed by atoms with Crippen molar-refractivity contribution in [1.82, 2.24) is 9.29 Å². The van der Waals surface area contributed by atoms with E-state index in [0.717, 1.165) is 5.56 Å². The highest BCUT2D eigenvalue weighted by atomic mass is 35.5. The minimum absolute atomic E-state index is 0.232. The first-order chi connectivity index (χ1) is 12.1. The summed E-state index contributed by atoms with van der Waals surface area (Å²) in [5.41, 5.74) is 1.73. The number of pyridine rings is 1. The van der Waals surface area contributed by atoms with Crippen molar-refractivity contribution in [3.05, 3.63) is 59.9 Å². The zero-order valence-electron chi connectivity index (χ0n) is 14.3. The Bertz CT molecular complexity index is 737. The first-order valence-corrected chi connectivity index (χ1v) is 10.1. The lowest BCUT2D eigenvalue weighted by molar-refractivity contribution is 0.186. The van der Waals surface area contributed by atoms with E-state index in [9.17, 15) is 8.42 Å². The number of sulfonamides is 1. The third-order valence-corrected chi connectivity index (χ3v) is 5.81. The molecule has 1 aromatic carbocycles. The third kappa shape index (κ3) is 5.78. The Morgan fingerprint density at radius 3 is 2.52 bits per heavy atom. The molecule has 0 aliphatic heterocycles. The van der Waals surface area contributed by atoms with Gasteiger partial charge in [0.25, 0.3) is 0 Å². The molecule has 136 valence electrons. The lowest BCUT2D eigenvalue weighted by Gasteiger charge is -2.22. The fourth-order valence-corrected chi connectivity index (χ4v) is 4.10. The van der Waals surface area contributed by atoms with Gasteiger partial charge in [0.05, 0.1) is 17.1 Å². The summed E-state index contributed by atoms with van der Waals surface area (Å²) in [4.78, 5) is 4.52. The van der Waals surface area contributed by atoms with Crippen LogP contribution in [-0.4, -0.2) is 43.8 Å². The third-order valence-electron chi connectivity index (χ3n) is 3.76. The first-order valence-electron chi connectivity index (χ1n) is 8.12. The van der Waals surface area contributed by atoms with Gasteiger partial charge in [-0.3, -0.25) is 4.98 Å². The number of ether oxygens (including phenoxy) is 1. The van der Waals surface area contributed by atoms with Gasteiger partial charge in [-0.1, -0.05) is 18.2 Å². The molecule has 1 aromatic heterocycles. The van der Waals surface area contributed by atoms with Gasteiger partial charge in [0, 0.05) is 32.3 Å². The maximum absolute atomic E-state index is 13.0. The minimum atomic E-state index is -3.61. The molecular weight excluding hydrogens is 360 g/mol. The molecule has 2 aromatic rings. The van der Waals surface area contributed by atoms with E-state index in [0.29, 0.717) is 37.6 Å². The smallest absolute Gasteiger partial charge is 0.243 e. The van der Waals surface area contributed by atoms with Crippen LogP contribution < -0.4 is 0 Å². The van der Waals surface area contributed by atoms with Crippen LogP contribution >= 0.6 is 11.6 Å². The van der Waals surface area contributed by atoms with Crippen molar-refractivity contribution >= 4 is 21.6 Å². The van der Waals surface area contributed by atoms with E-state index in [1.165, 1.54) is 4.31 Å². The molecule has 0 amide bonds. The van der Waals surface area contributed by atoms with Crippen molar-refractivity contribution in [3.63, 3.8) is 0 Å². The first kappa shape index (κ1) is 19.8. The Morgan fingerprint density at radius 2 is 1.92 bits per heavy atom. The molecule has 25 heavy (non-hydrogen) atoms. The molecule has 0 aliphatic rings. The molecule has 0 radical (unpaired) electrons. The van der Waals surface area contributed by atoms with Crippen molar-refractivity contribution in [1.29, 1.82) is 0 Å². The molecule has 0 fully saturated rings. The summed E-state index contributed by atoms with van der Waals surface area (Å²) < 4.78 is 32.6. The van der Waals surface area contributed by atoms with E-state index in [4.69, 9.17) is 16.3 Å². The number of aryl methyl sites for hydroxylation is 1. The summed E-state index contributed by atoms with van der Waals surface area (Å²) in [6.45, 7) is 1.11. The van der Waals surface area contributed by atoms with E-state index in [1.807, 2.05) is 30.3 Å². The summed E-state index contributed by atoms with van der Waals surface area (Å²) in [6.07, 6.45) is 3.00. The molecular formula is C18H23ClN2O3S. The summed E-state index contributed by atoms with van der Waals surface area (Å²) in [7, 11) is -2.00. The van der Waals surface area contributed by atoms with Gasteiger partial charge in [0.1, 0.15) is 0 Å². The maximum atomic E-state index is 13.0. The average molecular weight is 383 g/mol. The number of methoxy groups -OCH3 is 1. The van der Waals surface area contributed by atoms with E-state index in [-0.39, 0.29) is 11.4 Å². The SMILES string of the molecule is COCCCN(Cc1ccccn1)S(=O)(=O)c1ccc(CCCl)cc1. The Kier molecular flexibility index (Phi) is 7.84. The number of nitrogens with zero attached hydrogens (tertiary/aromatic N) is 2. The van der Waals surface area contributed by atoms with Crippen LogP contribution in [-0.2, 0) is 27.7 Å². The highest BCUT2D eigenvalue weighted by Gasteiger charge is 2.24. The topological polar surface area (TPSA) is 59.5 Å². The van der Waals surface area contributed by atoms with Crippen molar-refractivity contribution in [2.24, 2.45) is 0 Å². The number of aromatic nitrogens is 1. The van der Waals surface area contributed by atoms with Gasteiger partial charge in [0.2, 0.25) is 10.0 Å². The normalized spacial score (nSPS) is 11.8. The van der Waals surface area contributed by atoms with E-state index in [1.54, 1.807) is 25.4 Å². The quantitative estimate of drug-likeness (QED) is 0.468. The number of benzene rings is 1. The lowest BCUT2D eigenvalue weighted by atomic mass is 10.2. The Morgan fingerprint density at radius 1 is 1.16 bits per heavy atom. The van der Waals surface area contributed by atoms with Crippen LogP contribution in [0.25, 0.3) is 0 Å². The van der Waals surface area contributed by atoms with Gasteiger partial charge in [-0.25, -0.2) is 8.42 Å². The molecule has 2 rings (SSSR count). The summed E-state index contributed by atoms with van der Waals surface area (Å²) >= 11 is 5.73. The number of rotatable bonds is 10. The molecule has 0 unspecified atom stereocenters. The molecule has 0 N–H and O–H groups in total. The molecule has 7 heteroatoms. The molecule has 5 nitrogen and oxygen atoms in total. The maximum Gasteiger partial charge on any atom is 0.243 e. The van der Waals surface area contributed by atoms with Crippen LogP contribution in [0.5, 0.6) is 0 Å². The molecule has 0 saturated carbocycles. The van der Waals surface area contributed by atoms with Gasteiger partial charge in [-0.2, -0.15) is 4.31 Å². The highest BCUT2D eigenvalue weighted by Crippen LogP contribution is 2.19. The predicted octanol–water partition coefficient (Wildman–Crippen LogP) is 3.09. The molecule has 1 heterocycles. The molecule has 0 spiro atoms. The van der Waals surface area contributed by atoms with E-state index < -0.39 is 10.0 Å². The van der Waals surface area contributed by atoms with E-state index >= 15 is 0 Å². The number of halogens is 1. The van der Waals surface area contributed by atoms with Crippen molar-refractivity contribution in [2.45, 2.75) is 24.3 Å². The number of alkyl halides is 1. The van der Waals surface area contributed by atoms with Gasteiger partial charge in [-0.05, 0) is 42.7 Å². The van der Waals surface area contributed by atoms with Crippen molar-refractivity contribution in [2.75, 3.05) is 26.1 Å². The summed E-state index contributed by atoms with van der Waals surface area (Å²) in [5.74, 6) is 0.509. The number of hydrogen-bond acceptors (Lipinski definition) is 4. The van der Waals surface area contributed by atoms with Crippen LogP contribution in [0, 0.1) is 0 Å². The Hall–Kier alpha value is -1.47. The fourth-order valence-electron chi connectivity index (χ4n) is 2.43. The second-order valence-corrected chi connectivity index (χ2v) is 7.90. The minimum Gasteiger partial charge on any atom is -0.385 e. The van der Waals surface area contributed by atoms with Crippen LogP contribution in [0.2, 0.25) is 0 Å². The monoisotopic (exact) mass is 382 g/mol. The average Bonchev–Trinajstić information content (AvgIpc) is 2.62. The van der Waals surface area contributed by atoms with Crippen LogP contribution in [0.15, 0.2) is 53.6 Å². The van der Waals surface area contributed by atoms with Gasteiger partial charge in [0.15, 0.2) is 0 Å². The largest absolute Gasteiger partial charge is 0.385 e. The molecule has 0 atom stereocenters. The van der Waals surface area contributed by atoms with Gasteiger partial charge in [-0.15, -0.1) is 11.6 Å². The van der Waals surface area contributed by atoms with Crippen molar-refractivity contribution in [3.8, 4) is 0 Å². The molecule has 0 saturated heterocycles. The molecule has 0 bridgehead atoms. The van der Waals surface area contributed by atoms with Gasteiger partial charge >= 0.3 is 0 Å². The highest BCUT2D eigenvalue weighted by molar-refractivity contribution is 7.89. The van der Waals surface area contributed by atoms with Crippen LogP contribution in [0.4, 0.5) is 0 Å². The fraction of sp³-hybridized carbons (Fsp3) is 0.389. The zero-order valence-corrected chi connectivity index (χ0v) is 15.8. The summed E-state index contributed by atoms with van der Waals surface area (Å²) in [5, 5.41) is 0. The predicted molar refractivity (Wildman–Crippen MR) is 99.2 cm³/mol. The summed E-state index contributed by atoms with van der Waals surface area (Å²) in [6, 6.07) is 12.4. The molecule has 0 aliphatic carbocycles.